The lowest BCUT2D eigenvalue weighted by Crippen LogP contribution is -2.26. The Hall–Kier alpha value is -3.78. The number of carbonyl (C=O) groups excluding carboxylic acids is 1. The Balaban J connectivity index is 1.89. The summed E-state index contributed by atoms with van der Waals surface area (Å²) in [5.74, 6) is 0.127. The summed E-state index contributed by atoms with van der Waals surface area (Å²) in [4.78, 5) is 18.3. The van der Waals surface area contributed by atoms with Crippen molar-refractivity contribution in [3.63, 3.8) is 0 Å². The molecule has 1 unspecified atom stereocenters. The zero-order valence-corrected chi connectivity index (χ0v) is 22.2. The molecule has 0 saturated heterocycles. The summed E-state index contributed by atoms with van der Waals surface area (Å²) in [5, 5.41) is 19.7. The fraction of sp³-hybridized carbons (Fsp3) is 0.379. The first-order valence-corrected chi connectivity index (χ1v) is 12.6. The molecule has 37 heavy (non-hydrogen) atoms. The number of aromatic nitrogens is 5. The van der Waals surface area contributed by atoms with Crippen LogP contribution in [-0.4, -0.2) is 47.0 Å². The first-order valence-electron chi connectivity index (χ1n) is 12.6. The van der Waals surface area contributed by atoms with E-state index in [0.717, 1.165) is 16.7 Å². The highest BCUT2D eigenvalue weighted by molar-refractivity contribution is 6.06. The number of carbonyl (C=O) groups is 1. The lowest BCUT2D eigenvalue weighted by Gasteiger charge is -2.17. The largest absolute Gasteiger partial charge is 0.490 e. The Morgan fingerprint density at radius 1 is 1.30 bits per heavy atom. The van der Waals surface area contributed by atoms with Crippen LogP contribution >= 0.6 is 0 Å². The van der Waals surface area contributed by atoms with Gasteiger partial charge in [0.2, 0.25) is 0 Å². The fourth-order valence-electron chi connectivity index (χ4n) is 4.53. The topological polar surface area (TPSA) is 94.5 Å². The average molecular weight is 502 g/mol. The molecule has 1 N–H and O–H groups in total. The molecular weight excluding hydrogens is 466 g/mol. The summed E-state index contributed by atoms with van der Waals surface area (Å²) in [7, 11) is 0. The molecule has 194 valence electrons. The molecule has 3 heterocycles. The number of Topliss-reactive ketones (excluding diaryl/α,β-unsaturated/α-hetero) is 1. The van der Waals surface area contributed by atoms with Crippen LogP contribution in [0.2, 0.25) is 0 Å². The molecule has 0 fully saturated rings. The molecule has 0 saturated carbocycles. The smallest absolute Gasteiger partial charge is 0.175 e. The second kappa shape index (κ2) is 10.7. The van der Waals surface area contributed by atoms with Gasteiger partial charge >= 0.3 is 0 Å². The van der Waals surface area contributed by atoms with Crippen molar-refractivity contribution in [1.82, 2.24) is 24.4 Å². The predicted octanol–water partition coefficient (Wildman–Crippen LogP) is 5.26. The Labute approximate surface area is 217 Å². The molecule has 1 aromatic carbocycles. The average Bonchev–Trinajstić information content (AvgIpc) is 3.43. The molecule has 0 aliphatic heterocycles. The lowest BCUT2D eigenvalue weighted by atomic mass is 9.87. The van der Waals surface area contributed by atoms with Crippen molar-refractivity contribution in [1.29, 1.82) is 0 Å². The van der Waals surface area contributed by atoms with Gasteiger partial charge in [0, 0.05) is 29.7 Å². The van der Waals surface area contributed by atoms with E-state index in [1.54, 1.807) is 47.7 Å². The maximum absolute atomic E-state index is 13.9. The van der Waals surface area contributed by atoms with Crippen LogP contribution in [0.1, 0.15) is 68.4 Å². The number of aliphatic hydroxyl groups is 1. The molecular formula is C29H35N5O3. The van der Waals surface area contributed by atoms with Crippen molar-refractivity contribution < 1.29 is 14.6 Å². The van der Waals surface area contributed by atoms with Crippen LogP contribution < -0.4 is 4.74 Å². The van der Waals surface area contributed by atoms with Crippen LogP contribution in [0.3, 0.4) is 0 Å². The van der Waals surface area contributed by atoms with E-state index in [9.17, 15) is 9.90 Å². The second-order valence-corrected chi connectivity index (χ2v) is 10.2. The molecule has 0 radical (unpaired) electrons. The molecule has 4 rings (SSSR count). The van der Waals surface area contributed by atoms with Crippen LogP contribution in [0.25, 0.3) is 16.9 Å². The summed E-state index contributed by atoms with van der Waals surface area (Å²) in [6.07, 6.45) is 9.93. The highest BCUT2D eigenvalue weighted by Gasteiger charge is 2.30. The van der Waals surface area contributed by atoms with Gasteiger partial charge in [-0.1, -0.05) is 19.1 Å². The van der Waals surface area contributed by atoms with Crippen molar-refractivity contribution in [2.45, 2.75) is 71.6 Å². The minimum absolute atomic E-state index is 0.0422. The van der Waals surface area contributed by atoms with E-state index in [4.69, 9.17) is 9.84 Å². The first kappa shape index (κ1) is 26.3. The van der Waals surface area contributed by atoms with Gasteiger partial charge in [0.25, 0.3) is 0 Å². The maximum Gasteiger partial charge on any atom is 0.175 e. The second-order valence-electron chi connectivity index (χ2n) is 10.2. The molecule has 3 aromatic heterocycles. The SMILES string of the molecule is C=CCc1ccc(OC(C)C)c(-c2nn(CC(C)(C)O)cc2C(CC)C(=O)c2cnn3cccnc23)c1. The van der Waals surface area contributed by atoms with E-state index in [-0.39, 0.29) is 18.4 Å². The monoisotopic (exact) mass is 501 g/mol. The van der Waals surface area contributed by atoms with Gasteiger partial charge in [-0.3, -0.25) is 9.48 Å². The Morgan fingerprint density at radius 2 is 2.08 bits per heavy atom. The minimum atomic E-state index is -0.986. The van der Waals surface area contributed by atoms with Gasteiger partial charge in [0.1, 0.15) is 5.75 Å². The van der Waals surface area contributed by atoms with Crippen LogP contribution in [-0.2, 0) is 13.0 Å². The van der Waals surface area contributed by atoms with E-state index in [0.29, 0.717) is 35.5 Å². The van der Waals surface area contributed by atoms with E-state index >= 15 is 0 Å². The lowest BCUT2D eigenvalue weighted by molar-refractivity contribution is 0.0578. The summed E-state index contributed by atoms with van der Waals surface area (Å²) in [6.45, 7) is 13.6. The van der Waals surface area contributed by atoms with E-state index < -0.39 is 11.5 Å². The number of rotatable bonds is 11. The number of ether oxygens (including phenoxy) is 1. The predicted molar refractivity (Wildman–Crippen MR) is 144 cm³/mol. The third kappa shape index (κ3) is 5.80. The van der Waals surface area contributed by atoms with Gasteiger partial charge in [-0.25, -0.2) is 9.50 Å². The van der Waals surface area contributed by atoms with Crippen LogP contribution in [0.15, 0.2) is 61.7 Å². The normalized spacial score (nSPS) is 12.7. The highest BCUT2D eigenvalue weighted by Crippen LogP contribution is 2.38. The molecule has 4 aromatic rings. The number of allylic oxidation sites excluding steroid dienone is 1. The summed E-state index contributed by atoms with van der Waals surface area (Å²) < 4.78 is 9.49. The van der Waals surface area contributed by atoms with Gasteiger partial charge in [-0.15, -0.1) is 6.58 Å². The van der Waals surface area contributed by atoms with Gasteiger partial charge in [-0.2, -0.15) is 10.2 Å². The third-order valence-electron chi connectivity index (χ3n) is 6.03. The molecule has 0 amide bonds. The van der Waals surface area contributed by atoms with Crippen molar-refractivity contribution >= 4 is 11.4 Å². The van der Waals surface area contributed by atoms with Crippen molar-refractivity contribution in [2.75, 3.05) is 0 Å². The number of fused-ring (bicyclic) bond motifs is 1. The number of ketones is 1. The van der Waals surface area contributed by atoms with Crippen molar-refractivity contribution in [2.24, 2.45) is 0 Å². The van der Waals surface area contributed by atoms with Gasteiger partial charge in [0.15, 0.2) is 11.4 Å². The van der Waals surface area contributed by atoms with E-state index in [2.05, 4.69) is 16.7 Å². The fourth-order valence-corrected chi connectivity index (χ4v) is 4.53. The molecule has 8 heteroatoms. The van der Waals surface area contributed by atoms with E-state index in [1.165, 1.54) is 0 Å². The molecule has 0 aliphatic carbocycles. The summed E-state index contributed by atoms with van der Waals surface area (Å²) in [6, 6.07) is 7.79. The standard InChI is InChI=1S/C29H35N5O3/c1-7-10-20-11-12-25(37-19(3)4)22(15-20)26-24(17-33(32-26)18-29(5,6)36)21(8-2)27(35)23-16-31-34-14-9-13-30-28(23)34/h7,9,11-17,19,21,36H,1,8,10,18H2,2-6H3. The molecule has 1 atom stereocenters. The molecule has 0 bridgehead atoms. The zero-order valence-electron chi connectivity index (χ0n) is 22.2. The van der Waals surface area contributed by atoms with Crippen LogP contribution in [0.4, 0.5) is 0 Å². The van der Waals surface area contributed by atoms with Gasteiger partial charge in [0.05, 0.1) is 41.6 Å². The Morgan fingerprint density at radius 3 is 2.76 bits per heavy atom. The third-order valence-corrected chi connectivity index (χ3v) is 6.03. The van der Waals surface area contributed by atoms with Crippen molar-refractivity contribution in [3.8, 4) is 17.0 Å². The molecule has 8 nitrogen and oxygen atoms in total. The Bertz CT molecular complexity index is 1410. The van der Waals surface area contributed by atoms with Gasteiger partial charge in [-0.05, 0) is 64.3 Å². The summed E-state index contributed by atoms with van der Waals surface area (Å²) >= 11 is 0. The van der Waals surface area contributed by atoms with Crippen LogP contribution in [0.5, 0.6) is 5.75 Å². The maximum atomic E-state index is 13.9. The quantitative estimate of drug-likeness (QED) is 0.223. The van der Waals surface area contributed by atoms with Gasteiger partial charge < -0.3 is 9.84 Å². The van der Waals surface area contributed by atoms with Crippen LogP contribution in [0, 0.1) is 0 Å². The van der Waals surface area contributed by atoms with Crippen molar-refractivity contribution in [3.05, 3.63) is 78.4 Å². The molecule has 0 spiro atoms. The first-order chi connectivity index (χ1) is 17.6. The minimum Gasteiger partial charge on any atom is -0.490 e. The number of hydrogen-bond acceptors (Lipinski definition) is 6. The number of benzene rings is 1. The Kier molecular flexibility index (Phi) is 7.59. The number of hydrogen-bond donors (Lipinski definition) is 1. The zero-order chi connectivity index (χ0) is 26.7. The van der Waals surface area contributed by atoms with E-state index in [1.807, 2.05) is 51.2 Å². The molecule has 0 aliphatic rings. The highest BCUT2D eigenvalue weighted by atomic mass is 16.5. The summed E-state index contributed by atoms with van der Waals surface area (Å²) in [5.41, 5.74) is 3.31. The number of nitrogens with zero attached hydrogens (tertiary/aromatic N) is 5.